The van der Waals surface area contributed by atoms with Crippen LogP contribution in [0.1, 0.15) is 22.0 Å². The van der Waals surface area contributed by atoms with E-state index in [0.717, 1.165) is 26.9 Å². The van der Waals surface area contributed by atoms with Crippen LogP contribution in [0.3, 0.4) is 0 Å². The first-order chi connectivity index (χ1) is 13.5. The number of benzene rings is 2. The first kappa shape index (κ1) is 18.1. The van der Waals surface area contributed by atoms with Gasteiger partial charge in [0.1, 0.15) is 16.7 Å². The molecule has 5 nitrogen and oxygen atoms in total. The zero-order chi connectivity index (χ0) is 19.7. The number of thiophene rings is 1. The van der Waals surface area contributed by atoms with Crippen LogP contribution < -0.4 is 11.1 Å². The first-order valence-corrected chi connectivity index (χ1v) is 9.80. The highest BCUT2D eigenvalue weighted by Gasteiger charge is 2.22. The number of amides is 1. The lowest BCUT2D eigenvalue weighted by Crippen LogP contribution is -2.28. The molecule has 28 heavy (non-hydrogen) atoms. The fraction of sp³-hybridized carbons (Fsp3) is 0.136. The highest BCUT2D eigenvalue weighted by Crippen LogP contribution is 2.36. The summed E-state index contributed by atoms with van der Waals surface area (Å²) in [6.07, 6.45) is 0. The predicted octanol–water partition coefficient (Wildman–Crippen LogP) is 4.61. The van der Waals surface area contributed by atoms with E-state index in [1.54, 1.807) is 11.3 Å². The standard InChI is InChI=1S/C22H20N4OS/c1-13-14(2)28-22-17(13)21(25-20(26-22)16-11-7-4-8-12-16)24-18(19(23)27)15-9-5-3-6-10-15/h3-12,18H,1-2H3,(H2,23,27)(H,24,25,26)/t18-/m1/s1. The summed E-state index contributed by atoms with van der Waals surface area (Å²) in [5, 5.41) is 4.22. The molecule has 0 aliphatic rings. The van der Waals surface area contributed by atoms with Gasteiger partial charge in [0.25, 0.3) is 0 Å². The van der Waals surface area contributed by atoms with Gasteiger partial charge in [-0.15, -0.1) is 11.3 Å². The number of fused-ring (bicyclic) bond motifs is 1. The van der Waals surface area contributed by atoms with Crippen molar-refractivity contribution < 1.29 is 4.79 Å². The Morgan fingerprint density at radius 1 is 1.00 bits per heavy atom. The third-order valence-electron chi connectivity index (χ3n) is 4.76. The number of aryl methyl sites for hydroxylation is 2. The molecule has 0 radical (unpaired) electrons. The Morgan fingerprint density at radius 3 is 2.29 bits per heavy atom. The molecular weight excluding hydrogens is 368 g/mol. The van der Waals surface area contributed by atoms with Crippen LogP contribution in [0.25, 0.3) is 21.6 Å². The lowest BCUT2D eigenvalue weighted by atomic mass is 10.1. The summed E-state index contributed by atoms with van der Waals surface area (Å²) in [4.78, 5) is 23.8. The molecular formula is C22H20N4OS. The number of carbonyl (C=O) groups is 1. The first-order valence-electron chi connectivity index (χ1n) is 8.98. The number of hydrogen-bond donors (Lipinski definition) is 2. The summed E-state index contributed by atoms with van der Waals surface area (Å²) in [6, 6.07) is 18.6. The van der Waals surface area contributed by atoms with Gasteiger partial charge in [-0.25, -0.2) is 9.97 Å². The number of primary amides is 1. The second-order valence-corrected chi connectivity index (χ2v) is 7.82. The maximum atomic E-state index is 12.2. The Bertz CT molecular complexity index is 1140. The molecule has 0 fully saturated rings. The van der Waals surface area contributed by atoms with E-state index in [2.05, 4.69) is 12.2 Å². The zero-order valence-corrected chi connectivity index (χ0v) is 16.5. The normalized spacial score (nSPS) is 12.1. The van der Waals surface area contributed by atoms with E-state index in [-0.39, 0.29) is 0 Å². The number of carbonyl (C=O) groups excluding carboxylic acids is 1. The van der Waals surface area contributed by atoms with Gasteiger partial charge in [-0.2, -0.15) is 0 Å². The smallest absolute Gasteiger partial charge is 0.244 e. The third-order valence-corrected chi connectivity index (χ3v) is 5.86. The molecule has 6 heteroatoms. The molecule has 0 saturated heterocycles. The molecule has 2 aromatic carbocycles. The van der Waals surface area contributed by atoms with Crippen molar-refractivity contribution in [2.45, 2.75) is 19.9 Å². The van der Waals surface area contributed by atoms with Crippen LogP contribution in [0.15, 0.2) is 60.7 Å². The highest BCUT2D eigenvalue weighted by atomic mass is 32.1. The van der Waals surface area contributed by atoms with E-state index < -0.39 is 11.9 Å². The van der Waals surface area contributed by atoms with E-state index in [1.165, 1.54) is 4.88 Å². The molecule has 4 rings (SSSR count). The van der Waals surface area contributed by atoms with Crippen molar-refractivity contribution in [2.75, 3.05) is 5.32 Å². The molecule has 0 aliphatic heterocycles. The zero-order valence-electron chi connectivity index (χ0n) is 15.6. The fourth-order valence-corrected chi connectivity index (χ4v) is 4.20. The van der Waals surface area contributed by atoms with E-state index >= 15 is 0 Å². The van der Waals surface area contributed by atoms with Gasteiger partial charge in [0, 0.05) is 10.4 Å². The largest absolute Gasteiger partial charge is 0.368 e. The molecule has 0 bridgehead atoms. The van der Waals surface area contributed by atoms with Gasteiger partial charge in [-0.3, -0.25) is 4.79 Å². The summed E-state index contributed by atoms with van der Waals surface area (Å²) in [7, 11) is 0. The van der Waals surface area contributed by atoms with Crippen molar-refractivity contribution in [3.8, 4) is 11.4 Å². The van der Waals surface area contributed by atoms with Crippen molar-refractivity contribution in [3.63, 3.8) is 0 Å². The monoisotopic (exact) mass is 388 g/mol. The average molecular weight is 388 g/mol. The second kappa shape index (κ2) is 7.40. The third kappa shape index (κ3) is 3.34. The fourth-order valence-electron chi connectivity index (χ4n) is 3.17. The minimum Gasteiger partial charge on any atom is -0.368 e. The summed E-state index contributed by atoms with van der Waals surface area (Å²) in [6.45, 7) is 4.11. The van der Waals surface area contributed by atoms with Crippen molar-refractivity contribution in [3.05, 3.63) is 76.7 Å². The lowest BCUT2D eigenvalue weighted by Gasteiger charge is -2.18. The van der Waals surface area contributed by atoms with Gasteiger partial charge in [-0.05, 0) is 25.0 Å². The minimum atomic E-state index is -0.678. The molecule has 0 unspecified atom stereocenters. The summed E-state index contributed by atoms with van der Waals surface area (Å²) >= 11 is 1.63. The average Bonchev–Trinajstić information content (AvgIpc) is 3.01. The second-order valence-electron chi connectivity index (χ2n) is 6.62. The van der Waals surface area contributed by atoms with Gasteiger partial charge in [-0.1, -0.05) is 60.7 Å². The molecule has 140 valence electrons. The summed E-state index contributed by atoms with van der Waals surface area (Å²) in [5.41, 5.74) is 8.54. The van der Waals surface area contributed by atoms with Crippen LogP contribution in [0.2, 0.25) is 0 Å². The quantitative estimate of drug-likeness (QED) is 0.523. The number of anilines is 1. The molecule has 1 atom stereocenters. The topological polar surface area (TPSA) is 80.9 Å². The molecule has 4 aromatic rings. The van der Waals surface area contributed by atoms with Crippen LogP contribution in [0.4, 0.5) is 5.82 Å². The lowest BCUT2D eigenvalue weighted by molar-refractivity contribution is -0.118. The number of nitrogens with one attached hydrogen (secondary N) is 1. The van der Waals surface area contributed by atoms with Crippen molar-refractivity contribution in [1.29, 1.82) is 0 Å². The number of nitrogens with zero attached hydrogens (tertiary/aromatic N) is 2. The van der Waals surface area contributed by atoms with Crippen molar-refractivity contribution >= 4 is 33.3 Å². The van der Waals surface area contributed by atoms with Crippen LogP contribution in [0.5, 0.6) is 0 Å². The van der Waals surface area contributed by atoms with Crippen LogP contribution >= 0.6 is 11.3 Å². The Morgan fingerprint density at radius 2 is 1.64 bits per heavy atom. The van der Waals surface area contributed by atoms with Gasteiger partial charge < -0.3 is 11.1 Å². The summed E-state index contributed by atoms with van der Waals surface area (Å²) in [5.74, 6) is 0.787. The van der Waals surface area contributed by atoms with E-state index in [9.17, 15) is 4.79 Å². The van der Waals surface area contributed by atoms with E-state index in [4.69, 9.17) is 15.7 Å². The number of hydrogen-bond acceptors (Lipinski definition) is 5. The Hall–Kier alpha value is -3.25. The molecule has 0 aliphatic carbocycles. The van der Waals surface area contributed by atoms with E-state index in [1.807, 2.05) is 67.6 Å². The number of rotatable bonds is 5. The molecule has 0 spiro atoms. The van der Waals surface area contributed by atoms with Gasteiger partial charge >= 0.3 is 0 Å². The molecule has 1 amide bonds. The van der Waals surface area contributed by atoms with Gasteiger partial charge in [0.05, 0.1) is 5.39 Å². The van der Waals surface area contributed by atoms with Crippen molar-refractivity contribution in [2.24, 2.45) is 5.73 Å². The maximum absolute atomic E-state index is 12.2. The van der Waals surface area contributed by atoms with Crippen LogP contribution in [-0.2, 0) is 4.79 Å². The summed E-state index contributed by atoms with van der Waals surface area (Å²) < 4.78 is 0. The van der Waals surface area contributed by atoms with Gasteiger partial charge in [0.2, 0.25) is 5.91 Å². The maximum Gasteiger partial charge on any atom is 0.244 e. The number of aromatic nitrogens is 2. The Balaban J connectivity index is 1.88. The molecule has 0 saturated carbocycles. The SMILES string of the molecule is Cc1sc2nc(-c3ccccc3)nc(N[C@@H](C(N)=O)c3ccccc3)c2c1C. The predicted molar refractivity (Wildman–Crippen MR) is 114 cm³/mol. The Labute approximate surface area is 167 Å². The van der Waals surface area contributed by atoms with Crippen LogP contribution in [0, 0.1) is 13.8 Å². The van der Waals surface area contributed by atoms with Crippen LogP contribution in [-0.4, -0.2) is 15.9 Å². The minimum absolute atomic E-state index is 0.455. The number of nitrogens with two attached hydrogens (primary N) is 1. The highest BCUT2D eigenvalue weighted by molar-refractivity contribution is 7.18. The van der Waals surface area contributed by atoms with Gasteiger partial charge in [0.15, 0.2) is 5.82 Å². The van der Waals surface area contributed by atoms with E-state index in [0.29, 0.717) is 11.6 Å². The van der Waals surface area contributed by atoms with Crippen molar-refractivity contribution in [1.82, 2.24) is 9.97 Å². The molecule has 2 aromatic heterocycles. The Kier molecular flexibility index (Phi) is 4.79. The molecule has 3 N–H and O–H groups in total. The molecule has 2 heterocycles.